The number of hydrogen-bond acceptors (Lipinski definition) is 4. The van der Waals surface area contributed by atoms with Crippen molar-refractivity contribution in [3.63, 3.8) is 0 Å². The molecule has 0 saturated heterocycles. The molecule has 0 fully saturated rings. The summed E-state index contributed by atoms with van der Waals surface area (Å²) in [4.78, 5) is 0. The number of hydrogen-bond donors (Lipinski definition) is 4. The molecule has 2 atom stereocenters. The maximum atomic E-state index is 6.03. The molecule has 3 aliphatic heterocycles. The molecule has 19 heavy (non-hydrogen) atoms. The molecule has 98 valence electrons. The van der Waals surface area contributed by atoms with E-state index in [0.717, 1.165) is 23.6 Å². The molecule has 5 N–H and O–H groups in total. The maximum Gasteiger partial charge on any atom is 0.0705 e. The Hall–Kier alpha value is -2.36. The number of rotatable bonds is 2. The highest BCUT2D eigenvalue weighted by molar-refractivity contribution is 5.42. The Morgan fingerprint density at radius 3 is 2.79 bits per heavy atom. The van der Waals surface area contributed by atoms with Gasteiger partial charge in [-0.2, -0.15) is 0 Å². The van der Waals surface area contributed by atoms with E-state index in [2.05, 4.69) is 40.3 Å². The van der Waals surface area contributed by atoms with Crippen LogP contribution in [0.5, 0.6) is 0 Å². The number of allylic oxidation sites excluding steroid dienone is 5. The maximum absolute atomic E-state index is 6.03. The third-order valence-corrected chi connectivity index (χ3v) is 3.31. The molecule has 0 aromatic rings. The van der Waals surface area contributed by atoms with Crippen molar-refractivity contribution in [1.82, 2.24) is 16.0 Å². The van der Waals surface area contributed by atoms with Gasteiger partial charge in [0.2, 0.25) is 0 Å². The molecule has 0 amide bonds. The zero-order chi connectivity index (χ0) is 13.1. The molecule has 0 aromatic heterocycles. The topological polar surface area (TPSA) is 62.1 Å². The van der Waals surface area contributed by atoms with Crippen LogP contribution in [-0.4, -0.2) is 18.6 Å². The Kier molecular flexibility index (Phi) is 3.14. The van der Waals surface area contributed by atoms with E-state index in [1.165, 1.54) is 0 Å². The van der Waals surface area contributed by atoms with Crippen molar-refractivity contribution in [3.8, 4) is 0 Å². The van der Waals surface area contributed by atoms with Gasteiger partial charge in [-0.05, 0) is 30.5 Å². The molecular formula is C15H18N4. The molecule has 3 heterocycles. The van der Waals surface area contributed by atoms with Gasteiger partial charge < -0.3 is 21.7 Å². The summed E-state index contributed by atoms with van der Waals surface area (Å²) < 4.78 is 0. The molecular weight excluding hydrogens is 236 g/mol. The first-order chi connectivity index (χ1) is 9.33. The summed E-state index contributed by atoms with van der Waals surface area (Å²) in [6.45, 7) is 0.851. The minimum Gasteiger partial charge on any atom is -0.399 e. The van der Waals surface area contributed by atoms with Gasteiger partial charge in [0.15, 0.2) is 0 Å². The minimum atomic E-state index is 0.148. The minimum absolute atomic E-state index is 0.148. The number of nitrogens with one attached hydrogen (secondary N) is 3. The Morgan fingerprint density at radius 1 is 1.11 bits per heavy atom. The van der Waals surface area contributed by atoms with E-state index in [9.17, 15) is 0 Å². The van der Waals surface area contributed by atoms with Gasteiger partial charge in [-0.3, -0.25) is 0 Å². The van der Waals surface area contributed by atoms with Crippen LogP contribution in [0.25, 0.3) is 0 Å². The summed E-state index contributed by atoms with van der Waals surface area (Å²) in [7, 11) is 0. The summed E-state index contributed by atoms with van der Waals surface area (Å²) >= 11 is 0. The number of dihydropyridines is 3. The summed E-state index contributed by atoms with van der Waals surface area (Å²) in [6.07, 6.45) is 18.3. The van der Waals surface area contributed by atoms with Crippen LogP contribution >= 0.6 is 0 Å². The monoisotopic (exact) mass is 254 g/mol. The third-order valence-electron chi connectivity index (χ3n) is 3.31. The van der Waals surface area contributed by atoms with Gasteiger partial charge in [0.25, 0.3) is 0 Å². The van der Waals surface area contributed by atoms with Crippen molar-refractivity contribution in [2.75, 3.05) is 6.54 Å². The Labute approximate surface area is 113 Å². The molecule has 0 saturated carbocycles. The molecule has 0 aliphatic carbocycles. The van der Waals surface area contributed by atoms with Gasteiger partial charge in [0.1, 0.15) is 0 Å². The first kappa shape index (κ1) is 11.7. The Balaban J connectivity index is 1.79. The van der Waals surface area contributed by atoms with Crippen molar-refractivity contribution >= 4 is 0 Å². The Morgan fingerprint density at radius 2 is 2.05 bits per heavy atom. The van der Waals surface area contributed by atoms with Crippen LogP contribution in [0.3, 0.4) is 0 Å². The highest BCUT2D eigenvalue weighted by Gasteiger charge is 2.22. The van der Waals surface area contributed by atoms with Gasteiger partial charge in [-0.1, -0.05) is 24.3 Å². The van der Waals surface area contributed by atoms with E-state index in [0.29, 0.717) is 0 Å². The largest absolute Gasteiger partial charge is 0.399 e. The molecule has 3 aliphatic rings. The highest BCUT2D eigenvalue weighted by Crippen LogP contribution is 2.17. The predicted molar refractivity (Wildman–Crippen MR) is 77.7 cm³/mol. The highest BCUT2D eigenvalue weighted by atomic mass is 15.1. The van der Waals surface area contributed by atoms with Crippen LogP contribution in [0.1, 0.15) is 0 Å². The summed E-state index contributed by atoms with van der Waals surface area (Å²) in [5, 5.41) is 10.2. The lowest BCUT2D eigenvalue weighted by Crippen LogP contribution is -2.47. The van der Waals surface area contributed by atoms with Crippen LogP contribution in [0.2, 0.25) is 0 Å². The van der Waals surface area contributed by atoms with Gasteiger partial charge in [-0.15, -0.1) is 0 Å². The fourth-order valence-corrected chi connectivity index (χ4v) is 2.36. The van der Waals surface area contributed by atoms with Crippen LogP contribution in [0.4, 0.5) is 0 Å². The fraction of sp³-hybridized carbons (Fsp3) is 0.200. The normalized spacial score (nSPS) is 28.5. The van der Waals surface area contributed by atoms with E-state index in [1.807, 2.05) is 30.5 Å². The molecule has 4 heteroatoms. The van der Waals surface area contributed by atoms with Crippen molar-refractivity contribution < 1.29 is 0 Å². The molecule has 0 radical (unpaired) electrons. The van der Waals surface area contributed by atoms with E-state index < -0.39 is 0 Å². The average molecular weight is 254 g/mol. The van der Waals surface area contributed by atoms with E-state index in [4.69, 9.17) is 5.73 Å². The predicted octanol–water partition coefficient (Wildman–Crippen LogP) is 0.770. The molecule has 2 unspecified atom stereocenters. The second-order valence-electron chi connectivity index (χ2n) is 4.72. The summed E-state index contributed by atoms with van der Waals surface area (Å²) in [5.74, 6) is 0. The quantitative estimate of drug-likeness (QED) is 0.588. The van der Waals surface area contributed by atoms with Crippen LogP contribution < -0.4 is 21.7 Å². The Bertz CT molecular complexity index is 534. The van der Waals surface area contributed by atoms with Crippen LogP contribution in [-0.2, 0) is 0 Å². The van der Waals surface area contributed by atoms with Crippen molar-refractivity contribution in [2.24, 2.45) is 5.73 Å². The SMILES string of the molecule is NC1=CC(C2C=CC=CN2)NC(C2=CC=CCN2)=C1. The third kappa shape index (κ3) is 2.57. The molecule has 3 rings (SSSR count). The van der Waals surface area contributed by atoms with E-state index in [-0.39, 0.29) is 12.1 Å². The summed E-state index contributed by atoms with van der Waals surface area (Å²) in [5.41, 5.74) is 8.95. The van der Waals surface area contributed by atoms with Gasteiger partial charge in [-0.25, -0.2) is 0 Å². The first-order valence-corrected chi connectivity index (χ1v) is 6.49. The smallest absolute Gasteiger partial charge is 0.0705 e. The number of nitrogens with two attached hydrogens (primary N) is 1. The lowest BCUT2D eigenvalue weighted by Gasteiger charge is -2.31. The fourth-order valence-electron chi connectivity index (χ4n) is 2.36. The standard InChI is InChI=1S/C15H18N4/c16-11-9-14(12-5-1-3-7-17-12)19-15(10-11)13-6-2-4-8-18-13/h1-7,9-10,12,14,17-19H,8,16H2. The van der Waals surface area contributed by atoms with Gasteiger partial charge in [0, 0.05) is 12.2 Å². The van der Waals surface area contributed by atoms with Crippen LogP contribution in [0.15, 0.2) is 71.9 Å². The van der Waals surface area contributed by atoms with Crippen LogP contribution in [0, 0.1) is 0 Å². The lowest BCUT2D eigenvalue weighted by atomic mass is 10.0. The van der Waals surface area contributed by atoms with E-state index >= 15 is 0 Å². The van der Waals surface area contributed by atoms with Gasteiger partial charge in [0.05, 0.1) is 23.5 Å². The lowest BCUT2D eigenvalue weighted by molar-refractivity contribution is 0.539. The van der Waals surface area contributed by atoms with Crippen molar-refractivity contribution in [2.45, 2.75) is 12.1 Å². The van der Waals surface area contributed by atoms with Crippen molar-refractivity contribution in [3.05, 3.63) is 71.9 Å². The molecule has 4 nitrogen and oxygen atoms in total. The van der Waals surface area contributed by atoms with Gasteiger partial charge >= 0.3 is 0 Å². The molecule has 0 spiro atoms. The molecule has 0 bridgehead atoms. The van der Waals surface area contributed by atoms with E-state index in [1.54, 1.807) is 0 Å². The van der Waals surface area contributed by atoms with Crippen molar-refractivity contribution in [1.29, 1.82) is 0 Å². The first-order valence-electron chi connectivity index (χ1n) is 6.49. The molecule has 0 aromatic carbocycles. The second kappa shape index (κ2) is 5.10. The zero-order valence-corrected chi connectivity index (χ0v) is 10.6. The average Bonchev–Trinajstić information content (AvgIpc) is 2.48. The zero-order valence-electron chi connectivity index (χ0n) is 10.6. The summed E-state index contributed by atoms with van der Waals surface area (Å²) in [6, 6.07) is 0.363. The second-order valence-corrected chi connectivity index (χ2v) is 4.72.